The standard InChI is InChI=1S/C14H19N3O4S/c1-15-22(19,20)11-3-2-10-4-6-17(13(10)8-11)14(18)12-9-21-7-5-16-12/h2-3,8,12,15-16H,4-7,9H2,1H3. The lowest BCUT2D eigenvalue weighted by atomic mass is 10.1. The second kappa shape index (κ2) is 5.96. The Balaban J connectivity index is 1.90. The molecule has 0 bridgehead atoms. The van der Waals surface area contributed by atoms with E-state index in [4.69, 9.17) is 4.74 Å². The predicted octanol–water partition coefficient (Wildman–Crippen LogP) is -0.528. The molecule has 1 amide bonds. The van der Waals surface area contributed by atoms with E-state index >= 15 is 0 Å². The molecule has 0 aliphatic carbocycles. The zero-order valence-corrected chi connectivity index (χ0v) is 13.1. The van der Waals surface area contributed by atoms with Gasteiger partial charge in [-0.05, 0) is 31.2 Å². The molecule has 7 nitrogen and oxygen atoms in total. The van der Waals surface area contributed by atoms with Gasteiger partial charge in [0.2, 0.25) is 15.9 Å². The third kappa shape index (κ3) is 2.74. The van der Waals surface area contributed by atoms with Crippen LogP contribution in [0.3, 0.4) is 0 Å². The van der Waals surface area contributed by atoms with Crippen molar-refractivity contribution >= 4 is 21.6 Å². The molecule has 0 aromatic heterocycles. The molecule has 1 aromatic rings. The second-order valence-electron chi connectivity index (χ2n) is 5.32. The van der Waals surface area contributed by atoms with Crippen LogP contribution in [0.4, 0.5) is 5.69 Å². The molecule has 0 saturated carbocycles. The van der Waals surface area contributed by atoms with Crippen LogP contribution >= 0.6 is 0 Å². The number of amides is 1. The zero-order chi connectivity index (χ0) is 15.7. The summed E-state index contributed by atoms with van der Waals surface area (Å²) in [6, 6.07) is 4.54. The van der Waals surface area contributed by atoms with Crippen molar-refractivity contribution in [1.29, 1.82) is 0 Å². The van der Waals surface area contributed by atoms with E-state index in [0.29, 0.717) is 32.0 Å². The molecule has 22 heavy (non-hydrogen) atoms. The molecule has 2 N–H and O–H groups in total. The Hall–Kier alpha value is -1.48. The summed E-state index contributed by atoms with van der Waals surface area (Å²) in [7, 11) is -2.15. The molecule has 120 valence electrons. The molecule has 2 heterocycles. The number of carbonyl (C=O) groups is 1. The highest BCUT2D eigenvalue weighted by atomic mass is 32.2. The van der Waals surface area contributed by atoms with Crippen LogP contribution in [0.15, 0.2) is 23.1 Å². The number of benzene rings is 1. The van der Waals surface area contributed by atoms with Crippen LogP contribution in [0.2, 0.25) is 0 Å². The maximum Gasteiger partial charge on any atom is 0.246 e. The lowest BCUT2D eigenvalue weighted by Crippen LogP contribution is -2.52. The number of fused-ring (bicyclic) bond motifs is 1. The highest BCUT2D eigenvalue weighted by Gasteiger charge is 2.32. The van der Waals surface area contributed by atoms with Gasteiger partial charge in [-0.15, -0.1) is 0 Å². The SMILES string of the molecule is CNS(=O)(=O)c1ccc2c(c1)N(C(=O)C1COCCN1)CC2. The average Bonchev–Trinajstić information content (AvgIpc) is 2.98. The number of sulfonamides is 1. The first-order valence-corrected chi connectivity index (χ1v) is 8.70. The number of morpholine rings is 1. The molecular formula is C14H19N3O4S. The molecule has 2 aliphatic heterocycles. The Kier molecular flexibility index (Phi) is 4.18. The zero-order valence-electron chi connectivity index (χ0n) is 12.3. The fourth-order valence-electron chi connectivity index (χ4n) is 2.79. The molecule has 8 heteroatoms. The van der Waals surface area contributed by atoms with Gasteiger partial charge in [0.05, 0.1) is 18.1 Å². The fraction of sp³-hybridized carbons (Fsp3) is 0.500. The number of ether oxygens (including phenoxy) is 1. The van der Waals surface area contributed by atoms with Crippen molar-refractivity contribution in [3.8, 4) is 0 Å². The van der Waals surface area contributed by atoms with Crippen molar-refractivity contribution < 1.29 is 17.9 Å². The van der Waals surface area contributed by atoms with Crippen LogP contribution in [0.1, 0.15) is 5.56 Å². The first-order chi connectivity index (χ1) is 10.5. The summed E-state index contributed by atoms with van der Waals surface area (Å²) >= 11 is 0. The number of carbonyl (C=O) groups excluding carboxylic acids is 1. The van der Waals surface area contributed by atoms with Crippen molar-refractivity contribution in [2.75, 3.05) is 38.3 Å². The topological polar surface area (TPSA) is 87.7 Å². The maximum atomic E-state index is 12.6. The highest BCUT2D eigenvalue weighted by Crippen LogP contribution is 2.31. The van der Waals surface area contributed by atoms with Gasteiger partial charge in [0.25, 0.3) is 0 Å². The fourth-order valence-corrected chi connectivity index (χ4v) is 3.53. The van der Waals surface area contributed by atoms with Crippen molar-refractivity contribution in [1.82, 2.24) is 10.0 Å². The normalized spacial score (nSPS) is 21.7. The highest BCUT2D eigenvalue weighted by molar-refractivity contribution is 7.89. The van der Waals surface area contributed by atoms with E-state index < -0.39 is 10.0 Å². The summed E-state index contributed by atoms with van der Waals surface area (Å²) in [5, 5.41) is 3.14. The first-order valence-electron chi connectivity index (χ1n) is 7.22. The molecular weight excluding hydrogens is 306 g/mol. The van der Waals surface area contributed by atoms with Crippen LogP contribution in [0.25, 0.3) is 0 Å². The van der Waals surface area contributed by atoms with E-state index in [9.17, 15) is 13.2 Å². The van der Waals surface area contributed by atoms with Crippen molar-refractivity contribution in [3.63, 3.8) is 0 Å². The smallest absolute Gasteiger partial charge is 0.246 e. The molecule has 0 radical (unpaired) electrons. The molecule has 1 atom stereocenters. The summed E-state index contributed by atoms with van der Waals surface area (Å²) in [6.07, 6.45) is 0.731. The molecule has 1 fully saturated rings. The summed E-state index contributed by atoms with van der Waals surface area (Å²) in [6.45, 7) is 2.16. The monoisotopic (exact) mass is 325 g/mol. The summed E-state index contributed by atoms with van der Waals surface area (Å²) in [4.78, 5) is 14.4. The number of nitrogens with one attached hydrogen (secondary N) is 2. The summed E-state index contributed by atoms with van der Waals surface area (Å²) in [5.74, 6) is -0.0718. The second-order valence-corrected chi connectivity index (χ2v) is 7.21. The number of nitrogens with zero attached hydrogens (tertiary/aromatic N) is 1. The Morgan fingerprint density at radius 3 is 2.95 bits per heavy atom. The van der Waals surface area contributed by atoms with Gasteiger partial charge in [0.15, 0.2) is 0 Å². The number of hydrogen-bond donors (Lipinski definition) is 2. The molecule has 0 spiro atoms. The van der Waals surface area contributed by atoms with E-state index in [1.54, 1.807) is 23.1 Å². The van der Waals surface area contributed by atoms with Gasteiger partial charge in [-0.1, -0.05) is 6.07 Å². The summed E-state index contributed by atoms with van der Waals surface area (Å²) < 4.78 is 31.5. The Morgan fingerprint density at radius 1 is 1.45 bits per heavy atom. The van der Waals surface area contributed by atoms with Crippen LogP contribution < -0.4 is 14.9 Å². The Labute approximate surface area is 129 Å². The van der Waals surface area contributed by atoms with Crippen molar-refractivity contribution in [3.05, 3.63) is 23.8 Å². The minimum absolute atomic E-state index is 0.0718. The first kappa shape index (κ1) is 15.4. The van der Waals surface area contributed by atoms with E-state index in [2.05, 4.69) is 10.0 Å². The Morgan fingerprint density at radius 2 is 2.27 bits per heavy atom. The number of anilines is 1. The van der Waals surface area contributed by atoms with Crippen LogP contribution in [-0.4, -0.2) is 53.7 Å². The average molecular weight is 325 g/mol. The third-order valence-corrected chi connectivity index (χ3v) is 5.43. The van der Waals surface area contributed by atoms with E-state index in [1.165, 1.54) is 7.05 Å². The number of hydrogen-bond acceptors (Lipinski definition) is 5. The van der Waals surface area contributed by atoms with E-state index in [1.807, 2.05) is 0 Å². The lowest BCUT2D eigenvalue weighted by Gasteiger charge is -2.27. The van der Waals surface area contributed by atoms with Gasteiger partial charge in [0, 0.05) is 18.8 Å². The van der Waals surface area contributed by atoms with Gasteiger partial charge >= 0.3 is 0 Å². The van der Waals surface area contributed by atoms with Crippen LogP contribution in [0, 0.1) is 0 Å². The molecule has 1 saturated heterocycles. The van der Waals surface area contributed by atoms with E-state index in [-0.39, 0.29) is 16.8 Å². The lowest BCUT2D eigenvalue weighted by molar-refractivity contribution is -0.123. The molecule has 1 aromatic carbocycles. The van der Waals surface area contributed by atoms with Gasteiger partial charge in [-0.2, -0.15) is 0 Å². The Bertz CT molecular complexity index is 683. The molecule has 1 unspecified atom stereocenters. The van der Waals surface area contributed by atoms with E-state index in [0.717, 1.165) is 12.0 Å². The quantitative estimate of drug-likeness (QED) is 0.780. The minimum Gasteiger partial charge on any atom is -0.378 e. The summed E-state index contributed by atoms with van der Waals surface area (Å²) in [5.41, 5.74) is 1.66. The maximum absolute atomic E-state index is 12.6. The van der Waals surface area contributed by atoms with Crippen molar-refractivity contribution in [2.24, 2.45) is 0 Å². The van der Waals surface area contributed by atoms with Crippen molar-refractivity contribution in [2.45, 2.75) is 17.4 Å². The molecule has 2 aliphatic rings. The van der Waals surface area contributed by atoms with Gasteiger partial charge < -0.3 is 15.0 Å². The van der Waals surface area contributed by atoms with Crippen LogP contribution in [-0.2, 0) is 26.0 Å². The third-order valence-electron chi connectivity index (χ3n) is 4.02. The van der Waals surface area contributed by atoms with Crippen LogP contribution in [0.5, 0.6) is 0 Å². The van der Waals surface area contributed by atoms with Gasteiger partial charge in [-0.25, -0.2) is 13.1 Å². The van der Waals surface area contributed by atoms with Gasteiger partial charge in [0.1, 0.15) is 6.04 Å². The predicted molar refractivity (Wildman–Crippen MR) is 81.4 cm³/mol. The minimum atomic E-state index is -3.52. The number of rotatable bonds is 3. The molecule has 3 rings (SSSR count). The van der Waals surface area contributed by atoms with Gasteiger partial charge in [-0.3, -0.25) is 4.79 Å². The largest absolute Gasteiger partial charge is 0.378 e.